The van der Waals surface area contributed by atoms with Crippen molar-refractivity contribution in [3.63, 3.8) is 0 Å². The Morgan fingerprint density at radius 1 is 1.08 bits per heavy atom. The summed E-state index contributed by atoms with van der Waals surface area (Å²) in [6.07, 6.45) is 6.37. The van der Waals surface area contributed by atoms with Crippen LogP contribution in [0.5, 0.6) is 0 Å². The number of rotatable bonds is 9. The molecule has 25 heavy (non-hydrogen) atoms. The molecule has 5 heteroatoms. The predicted octanol–water partition coefficient (Wildman–Crippen LogP) is 1.46. The highest BCUT2D eigenvalue weighted by Gasteiger charge is 2.19. The molecule has 0 atom stereocenters. The molecule has 0 saturated heterocycles. The van der Waals surface area contributed by atoms with E-state index < -0.39 is 0 Å². The molecule has 0 spiro atoms. The van der Waals surface area contributed by atoms with Crippen LogP contribution < -0.4 is 27.2 Å². The fraction of sp³-hybridized carbons (Fsp3) is 0.500. The van der Waals surface area contributed by atoms with Crippen LogP contribution in [0.25, 0.3) is 0 Å². The van der Waals surface area contributed by atoms with E-state index in [0.717, 1.165) is 18.2 Å². The summed E-state index contributed by atoms with van der Waals surface area (Å²) in [5.41, 5.74) is 2.21. The van der Waals surface area contributed by atoms with Gasteiger partial charge < -0.3 is 12.4 Å². The summed E-state index contributed by atoms with van der Waals surface area (Å²) in [5.74, 6) is 2.11. The zero-order chi connectivity index (χ0) is 17.4. The van der Waals surface area contributed by atoms with E-state index in [-0.39, 0.29) is 12.4 Å². The molecule has 2 rings (SSSR count). The highest BCUT2D eigenvalue weighted by Crippen LogP contribution is 2.22. The fourth-order valence-corrected chi connectivity index (χ4v) is 2.98. The summed E-state index contributed by atoms with van der Waals surface area (Å²) >= 11 is 0. The SMILES string of the molecule is CCCCCCC[n+]1c(N(C)c2ccccc2)cc(C)nc1NC.[Cl-]. The first-order valence-electron chi connectivity index (χ1n) is 9.05. The van der Waals surface area contributed by atoms with E-state index in [9.17, 15) is 0 Å². The van der Waals surface area contributed by atoms with E-state index in [1.165, 1.54) is 43.6 Å². The number of benzene rings is 1. The summed E-state index contributed by atoms with van der Waals surface area (Å²) < 4.78 is 2.30. The van der Waals surface area contributed by atoms with E-state index in [1.54, 1.807) is 0 Å². The highest BCUT2D eigenvalue weighted by molar-refractivity contribution is 5.57. The molecular weight excluding hydrogens is 332 g/mol. The van der Waals surface area contributed by atoms with Crippen LogP contribution in [0.2, 0.25) is 0 Å². The number of unbranched alkanes of at least 4 members (excludes halogenated alkanes) is 4. The number of nitrogens with zero attached hydrogens (tertiary/aromatic N) is 3. The van der Waals surface area contributed by atoms with Crippen molar-refractivity contribution in [3.05, 3.63) is 42.1 Å². The van der Waals surface area contributed by atoms with Gasteiger partial charge in [0, 0.05) is 20.2 Å². The smallest absolute Gasteiger partial charge is 0.347 e. The van der Waals surface area contributed by atoms with Crippen LogP contribution in [0.1, 0.15) is 44.7 Å². The Morgan fingerprint density at radius 3 is 2.40 bits per heavy atom. The Morgan fingerprint density at radius 2 is 1.76 bits per heavy atom. The van der Waals surface area contributed by atoms with Gasteiger partial charge in [0.05, 0.1) is 12.2 Å². The zero-order valence-corrected chi connectivity index (χ0v) is 16.7. The average molecular weight is 363 g/mol. The first kappa shape index (κ1) is 21.2. The molecule has 1 heterocycles. The molecule has 2 aromatic rings. The van der Waals surface area contributed by atoms with Gasteiger partial charge in [-0.05, 0) is 25.5 Å². The van der Waals surface area contributed by atoms with Crippen LogP contribution >= 0.6 is 0 Å². The minimum absolute atomic E-state index is 0. The molecule has 0 aliphatic heterocycles. The number of para-hydroxylation sites is 1. The molecule has 0 aliphatic carbocycles. The maximum absolute atomic E-state index is 4.67. The molecule has 0 unspecified atom stereocenters. The largest absolute Gasteiger partial charge is 1.00 e. The summed E-state index contributed by atoms with van der Waals surface area (Å²) in [5, 5.41) is 3.26. The first-order chi connectivity index (χ1) is 11.7. The fourth-order valence-electron chi connectivity index (χ4n) is 2.98. The van der Waals surface area contributed by atoms with Crippen molar-refractivity contribution in [2.24, 2.45) is 0 Å². The Hall–Kier alpha value is -1.81. The number of aromatic nitrogens is 2. The minimum Gasteiger partial charge on any atom is -1.00 e. The van der Waals surface area contributed by atoms with Gasteiger partial charge in [0.25, 0.3) is 0 Å². The van der Waals surface area contributed by atoms with Gasteiger partial charge in [-0.3, -0.25) is 10.2 Å². The normalized spacial score (nSPS) is 10.2. The van der Waals surface area contributed by atoms with Crippen LogP contribution in [-0.4, -0.2) is 19.1 Å². The van der Waals surface area contributed by atoms with E-state index >= 15 is 0 Å². The van der Waals surface area contributed by atoms with Crippen LogP contribution in [0, 0.1) is 6.92 Å². The minimum atomic E-state index is 0. The van der Waals surface area contributed by atoms with E-state index in [4.69, 9.17) is 0 Å². The highest BCUT2D eigenvalue weighted by atomic mass is 35.5. The predicted molar refractivity (Wildman–Crippen MR) is 102 cm³/mol. The molecule has 0 bridgehead atoms. The first-order valence-corrected chi connectivity index (χ1v) is 9.05. The molecule has 0 saturated carbocycles. The van der Waals surface area contributed by atoms with Gasteiger partial charge in [-0.15, -0.1) is 4.98 Å². The quantitative estimate of drug-likeness (QED) is 0.541. The Kier molecular flexibility index (Phi) is 9.28. The second-order valence-electron chi connectivity index (χ2n) is 6.29. The van der Waals surface area contributed by atoms with Gasteiger partial charge in [-0.25, -0.2) is 4.57 Å². The van der Waals surface area contributed by atoms with Crippen LogP contribution in [0.4, 0.5) is 17.5 Å². The number of halogens is 1. The van der Waals surface area contributed by atoms with Crippen molar-refractivity contribution >= 4 is 17.5 Å². The Labute approximate surface area is 158 Å². The monoisotopic (exact) mass is 362 g/mol. The lowest BCUT2D eigenvalue weighted by Gasteiger charge is -2.20. The maximum Gasteiger partial charge on any atom is 0.347 e. The number of hydrogen-bond donors (Lipinski definition) is 1. The number of anilines is 3. The van der Waals surface area contributed by atoms with Gasteiger partial charge in [0.1, 0.15) is 5.69 Å². The third kappa shape index (κ3) is 5.89. The molecule has 138 valence electrons. The molecule has 4 nitrogen and oxygen atoms in total. The van der Waals surface area contributed by atoms with Crippen LogP contribution in [0.3, 0.4) is 0 Å². The van der Waals surface area contributed by atoms with Gasteiger partial charge >= 0.3 is 5.95 Å². The standard InChI is InChI=1S/C20H30N4.ClH/c1-5-6-7-8-12-15-24-19(16-17(2)22-20(24)21-3)23(4)18-13-10-9-11-14-18;/h9-11,13-14,16H,5-8,12,15H2,1-4H3;1H. The summed E-state index contributed by atoms with van der Waals surface area (Å²) in [4.78, 5) is 6.91. The van der Waals surface area contributed by atoms with Gasteiger partial charge in [0.15, 0.2) is 0 Å². The van der Waals surface area contributed by atoms with Crippen molar-refractivity contribution in [2.45, 2.75) is 52.5 Å². The summed E-state index contributed by atoms with van der Waals surface area (Å²) in [6.45, 7) is 5.29. The maximum atomic E-state index is 4.67. The molecule has 0 fully saturated rings. The van der Waals surface area contributed by atoms with E-state index in [1.807, 2.05) is 7.05 Å². The van der Waals surface area contributed by atoms with Crippen molar-refractivity contribution in [2.75, 3.05) is 24.3 Å². The molecule has 1 N–H and O–H groups in total. The Balaban J connectivity index is 0.00000312. The second kappa shape index (κ2) is 10.9. The molecule has 1 aromatic heterocycles. The molecule has 0 aliphatic rings. The molecule has 0 amide bonds. The van der Waals surface area contributed by atoms with Crippen molar-refractivity contribution < 1.29 is 17.0 Å². The van der Waals surface area contributed by atoms with Crippen LogP contribution in [0.15, 0.2) is 36.4 Å². The third-order valence-electron chi connectivity index (χ3n) is 4.35. The van der Waals surface area contributed by atoms with Crippen molar-refractivity contribution in [3.8, 4) is 0 Å². The van der Waals surface area contributed by atoms with Gasteiger partial charge in [-0.2, -0.15) is 0 Å². The topological polar surface area (TPSA) is 32.0 Å². The lowest BCUT2D eigenvalue weighted by Crippen LogP contribution is -3.00. The van der Waals surface area contributed by atoms with Gasteiger partial charge in [0.2, 0.25) is 5.82 Å². The van der Waals surface area contributed by atoms with E-state index in [2.05, 4.69) is 77.1 Å². The number of aryl methyl sites for hydroxylation is 1. The van der Waals surface area contributed by atoms with Crippen molar-refractivity contribution in [1.82, 2.24) is 4.98 Å². The third-order valence-corrected chi connectivity index (χ3v) is 4.35. The molecule has 1 aromatic carbocycles. The van der Waals surface area contributed by atoms with Crippen LogP contribution in [-0.2, 0) is 6.54 Å². The average Bonchev–Trinajstić information content (AvgIpc) is 2.62. The lowest BCUT2D eigenvalue weighted by atomic mass is 10.1. The number of hydrogen-bond acceptors (Lipinski definition) is 3. The summed E-state index contributed by atoms with van der Waals surface area (Å²) in [7, 11) is 4.07. The molecule has 0 radical (unpaired) electrons. The van der Waals surface area contributed by atoms with Gasteiger partial charge in [-0.1, -0.05) is 50.8 Å². The lowest BCUT2D eigenvalue weighted by molar-refractivity contribution is -0.673. The van der Waals surface area contributed by atoms with E-state index in [0.29, 0.717) is 0 Å². The summed E-state index contributed by atoms with van der Waals surface area (Å²) in [6, 6.07) is 12.7. The Bertz CT molecular complexity index is 631. The zero-order valence-electron chi connectivity index (χ0n) is 15.9. The second-order valence-corrected chi connectivity index (χ2v) is 6.29. The number of nitrogens with one attached hydrogen (secondary N) is 1. The van der Waals surface area contributed by atoms with Crippen molar-refractivity contribution in [1.29, 1.82) is 0 Å². The molecular formula is C20H31ClN4.